The maximum atomic E-state index is 14.1. The Bertz CT molecular complexity index is 505. The Balaban J connectivity index is 1.76. The molecule has 1 aliphatic heterocycles. The van der Waals surface area contributed by atoms with Crippen LogP contribution in [-0.4, -0.2) is 19.4 Å². The van der Waals surface area contributed by atoms with E-state index in [9.17, 15) is 13.6 Å². The molecule has 2 fully saturated rings. The summed E-state index contributed by atoms with van der Waals surface area (Å²) in [4.78, 5) is 12.5. The van der Waals surface area contributed by atoms with Crippen LogP contribution < -0.4 is 4.90 Å². The molecule has 0 bridgehead atoms. The van der Waals surface area contributed by atoms with E-state index in [1.165, 1.54) is 32.1 Å². The van der Waals surface area contributed by atoms with Crippen LogP contribution in [0.15, 0.2) is 12.1 Å². The molecule has 1 aliphatic carbocycles. The molecular weight excluding hydrogens is 272 g/mol. The Kier molecular flexibility index (Phi) is 3.96. The molecule has 0 N–H and O–H groups in total. The van der Waals surface area contributed by atoms with Crippen LogP contribution in [0.3, 0.4) is 0 Å². The van der Waals surface area contributed by atoms with Gasteiger partial charge in [-0.3, -0.25) is 4.79 Å². The lowest BCUT2D eigenvalue weighted by Gasteiger charge is -2.45. The number of piperidine rings is 1. The zero-order chi connectivity index (χ0) is 14.9. The highest BCUT2D eigenvalue weighted by Gasteiger charge is 2.36. The third-order valence-electron chi connectivity index (χ3n) is 5.23. The van der Waals surface area contributed by atoms with Gasteiger partial charge in [0.1, 0.15) is 23.6 Å². The fourth-order valence-electron chi connectivity index (χ4n) is 3.96. The van der Waals surface area contributed by atoms with Crippen LogP contribution in [0, 0.1) is 17.0 Å². The highest BCUT2D eigenvalue weighted by Crippen LogP contribution is 2.45. The molecule has 0 atom stereocenters. The van der Waals surface area contributed by atoms with Gasteiger partial charge in [0.15, 0.2) is 0 Å². The second-order valence-electron chi connectivity index (χ2n) is 6.50. The predicted octanol–water partition coefficient (Wildman–Crippen LogP) is 4.33. The summed E-state index contributed by atoms with van der Waals surface area (Å²) in [6.45, 7) is 1.41. The van der Waals surface area contributed by atoms with Gasteiger partial charge < -0.3 is 4.90 Å². The van der Waals surface area contributed by atoms with Crippen LogP contribution in [0.1, 0.15) is 55.3 Å². The fourth-order valence-corrected chi connectivity index (χ4v) is 3.96. The highest BCUT2D eigenvalue weighted by atomic mass is 19.1. The minimum Gasteiger partial charge on any atom is -0.367 e. The topological polar surface area (TPSA) is 20.3 Å². The summed E-state index contributed by atoms with van der Waals surface area (Å²) in [6, 6.07) is 2.24. The van der Waals surface area contributed by atoms with Gasteiger partial charge in [-0.25, -0.2) is 8.78 Å². The third kappa shape index (κ3) is 2.81. The van der Waals surface area contributed by atoms with Gasteiger partial charge in [0.2, 0.25) is 0 Å². The second-order valence-corrected chi connectivity index (χ2v) is 6.50. The monoisotopic (exact) mass is 293 g/mol. The number of hydrogen-bond donors (Lipinski definition) is 0. The lowest BCUT2D eigenvalue weighted by Crippen LogP contribution is -2.41. The maximum Gasteiger partial charge on any atom is 0.150 e. The van der Waals surface area contributed by atoms with E-state index in [1.54, 1.807) is 4.90 Å². The van der Waals surface area contributed by atoms with E-state index in [0.29, 0.717) is 24.8 Å². The number of anilines is 1. The number of benzene rings is 1. The molecule has 0 unspecified atom stereocenters. The van der Waals surface area contributed by atoms with Gasteiger partial charge in [-0.15, -0.1) is 0 Å². The molecule has 4 heteroatoms. The van der Waals surface area contributed by atoms with E-state index in [1.807, 2.05) is 0 Å². The lowest BCUT2D eigenvalue weighted by atomic mass is 9.68. The first-order chi connectivity index (χ1) is 10.1. The number of hydrogen-bond acceptors (Lipinski definition) is 2. The van der Waals surface area contributed by atoms with Gasteiger partial charge in [0.05, 0.1) is 0 Å². The number of carbonyl (C=O) groups excluding carboxylic acids is 1. The number of aldehydes is 1. The minimum atomic E-state index is -0.628. The second kappa shape index (κ2) is 5.74. The largest absolute Gasteiger partial charge is 0.367 e. The van der Waals surface area contributed by atoms with Crippen molar-refractivity contribution in [3.05, 3.63) is 29.3 Å². The van der Waals surface area contributed by atoms with Crippen molar-refractivity contribution in [1.82, 2.24) is 0 Å². The average Bonchev–Trinajstić information content (AvgIpc) is 2.49. The molecule has 0 amide bonds. The maximum absolute atomic E-state index is 14.1. The van der Waals surface area contributed by atoms with Crippen molar-refractivity contribution in [2.45, 2.75) is 44.9 Å². The Labute approximate surface area is 124 Å². The number of halogens is 2. The molecule has 2 aliphatic rings. The van der Waals surface area contributed by atoms with Crippen molar-refractivity contribution >= 4 is 12.0 Å². The van der Waals surface area contributed by atoms with Crippen LogP contribution in [0.4, 0.5) is 14.5 Å². The van der Waals surface area contributed by atoms with Gasteiger partial charge in [0.25, 0.3) is 0 Å². The summed E-state index contributed by atoms with van der Waals surface area (Å²) in [6.07, 6.45) is 8.92. The Morgan fingerprint density at radius 2 is 1.52 bits per heavy atom. The molecule has 1 aromatic carbocycles. The molecule has 1 saturated carbocycles. The van der Waals surface area contributed by atoms with Crippen LogP contribution in [0.2, 0.25) is 0 Å². The van der Waals surface area contributed by atoms with E-state index >= 15 is 0 Å². The van der Waals surface area contributed by atoms with E-state index in [-0.39, 0.29) is 11.3 Å². The first-order valence-corrected chi connectivity index (χ1v) is 7.83. The molecule has 0 radical (unpaired) electrons. The smallest absolute Gasteiger partial charge is 0.150 e. The van der Waals surface area contributed by atoms with E-state index < -0.39 is 11.6 Å². The molecule has 1 spiro atoms. The van der Waals surface area contributed by atoms with E-state index in [4.69, 9.17) is 0 Å². The van der Waals surface area contributed by atoms with Crippen molar-refractivity contribution in [3.63, 3.8) is 0 Å². The summed E-state index contributed by atoms with van der Waals surface area (Å²) < 4.78 is 28.2. The van der Waals surface area contributed by atoms with Gasteiger partial charge in [-0.1, -0.05) is 19.3 Å². The summed E-state index contributed by atoms with van der Waals surface area (Å²) in [7, 11) is 0. The molecule has 21 heavy (non-hydrogen) atoms. The molecule has 0 aromatic heterocycles. The normalized spacial score (nSPS) is 21.5. The molecule has 3 rings (SSSR count). The number of nitrogens with zero attached hydrogens (tertiary/aromatic N) is 1. The van der Waals surface area contributed by atoms with Crippen molar-refractivity contribution < 1.29 is 13.6 Å². The Morgan fingerprint density at radius 3 is 2.05 bits per heavy atom. The zero-order valence-electron chi connectivity index (χ0n) is 12.2. The van der Waals surface area contributed by atoms with Gasteiger partial charge >= 0.3 is 0 Å². The van der Waals surface area contributed by atoms with Crippen molar-refractivity contribution in [2.24, 2.45) is 5.41 Å². The third-order valence-corrected chi connectivity index (χ3v) is 5.23. The molecular formula is C17H21F2NO. The molecule has 1 saturated heterocycles. The molecule has 1 aromatic rings. The molecule has 2 nitrogen and oxygen atoms in total. The standard InChI is InChI=1S/C17H21F2NO/c18-14-10-13(12-21)11-15(19)16(14)20-8-6-17(7-9-20)4-2-1-3-5-17/h10-12H,1-9H2. The predicted molar refractivity (Wildman–Crippen MR) is 78.7 cm³/mol. The molecule has 1 heterocycles. The van der Waals surface area contributed by atoms with Gasteiger partial charge in [-0.2, -0.15) is 0 Å². The van der Waals surface area contributed by atoms with Crippen molar-refractivity contribution in [1.29, 1.82) is 0 Å². The molecule has 114 valence electrons. The van der Waals surface area contributed by atoms with Gasteiger partial charge in [0, 0.05) is 18.7 Å². The number of rotatable bonds is 2. The SMILES string of the molecule is O=Cc1cc(F)c(N2CCC3(CCCCC3)CC2)c(F)c1. The lowest BCUT2D eigenvalue weighted by molar-refractivity contribution is 0.112. The van der Waals surface area contributed by atoms with Crippen molar-refractivity contribution in [3.8, 4) is 0 Å². The summed E-state index contributed by atoms with van der Waals surface area (Å²) in [5.74, 6) is -1.26. The van der Waals surface area contributed by atoms with Crippen LogP contribution in [0.25, 0.3) is 0 Å². The minimum absolute atomic E-state index is 0.0336. The Morgan fingerprint density at radius 1 is 0.952 bits per heavy atom. The highest BCUT2D eigenvalue weighted by molar-refractivity contribution is 5.76. The summed E-state index contributed by atoms with van der Waals surface area (Å²) in [5, 5.41) is 0. The van der Waals surface area contributed by atoms with Crippen LogP contribution >= 0.6 is 0 Å². The number of carbonyl (C=O) groups is 1. The first-order valence-electron chi connectivity index (χ1n) is 7.83. The van der Waals surface area contributed by atoms with Gasteiger partial charge in [-0.05, 0) is 43.2 Å². The van der Waals surface area contributed by atoms with Crippen LogP contribution in [-0.2, 0) is 0 Å². The Hall–Kier alpha value is -1.45. The van der Waals surface area contributed by atoms with E-state index in [0.717, 1.165) is 25.0 Å². The summed E-state index contributed by atoms with van der Waals surface area (Å²) in [5.41, 5.74) is 0.491. The summed E-state index contributed by atoms with van der Waals surface area (Å²) >= 11 is 0. The zero-order valence-corrected chi connectivity index (χ0v) is 12.2. The van der Waals surface area contributed by atoms with Crippen molar-refractivity contribution in [2.75, 3.05) is 18.0 Å². The fraction of sp³-hybridized carbons (Fsp3) is 0.588. The average molecular weight is 293 g/mol. The quantitative estimate of drug-likeness (QED) is 0.757. The first kappa shape index (κ1) is 14.5. The van der Waals surface area contributed by atoms with E-state index in [2.05, 4.69) is 0 Å². The van der Waals surface area contributed by atoms with Crippen LogP contribution in [0.5, 0.6) is 0 Å².